The van der Waals surface area contributed by atoms with Crippen molar-refractivity contribution in [3.05, 3.63) is 34.6 Å². The second-order valence-electron chi connectivity index (χ2n) is 6.17. The number of fused-ring (bicyclic) bond motifs is 1. The molecule has 1 N–H and O–H groups in total. The summed E-state index contributed by atoms with van der Waals surface area (Å²) in [5.74, 6) is 0.572. The quantitative estimate of drug-likeness (QED) is 0.929. The van der Waals surface area contributed by atoms with Crippen LogP contribution in [0.5, 0.6) is 0 Å². The van der Waals surface area contributed by atoms with Crippen LogP contribution in [0.4, 0.5) is 0 Å². The fourth-order valence-corrected chi connectivity index (χ4v) is 4.19. The maximum atomic E-state index is 4.99. The highest BCUT2D eigenvalue weighted by atomic mass is 32.1. The Morgan fingerprint density at radius 3 is 3.05 bits per heavy atom. The van der Waals surface area contributed by atoms with E-state index in [2.05, 4.69) is 37.1 Å². The van der Waals surface area contributed by atoms with Crippen LogP contribution in [0.25, 0.3) is 10.6 Å². The monoisotopic (exact) mass is 301 g/mol. The molecule has 1 aliphatic rings. The molecule has 0 radical (unpaired) electrons. The SMILES string of the molecule is Cc1cnccc1-c1nc2c(s1)CCCC2CNC(C)C. The lowest BCUT2D eigenvalue weighted by Crippen LogP contribution is -2.29. The number of aromatic nitrogens is 2. The van der Waals surface area contributed by atoms with Gasteiger partial charge in [0.25, 0.3) is 0 Å². The summed E-state index contributed by atoms with van der Waals surface area (Å²) >= 11 is 1.87. The lowest BCUT2D eigenvalue weighted by molar-refractivity contribution is 0.475. The average molecular weight is 301 g/mol. The number of pyridine rings is 1. The van der Waals surface area contributed by atoms with Gasteiger partial charge in [-0.2, -0.15) is 0 Å². The van der Waals surface area contributed by atoms with Crippen molar-refractivity contribution in [2.24, 2.45) is 0 Å². The van der Waals surface area contributed by atoms with Gasteiger partial charge in [-0.3, -0.25) is 4.98 Å². The van der Waals surface area contributed by atoms with Crippen LogP contribution in [0.3, 0.4) is 0 Å². The summed E-state index contributed by atoms with van der Waals surface area (Å²) in [5.41, 5.74) is 3.78. The first-order valence-corrected chi connectivity index (χ1v) is 8.60. The number of aryl methyl sites for hydroxylation is 2. The van der Waals surface area contributed by atoms with E-state index in [1.54, 1.807) is 0 Å². The van der Waals surface area contributed by atoms with Crippen LogP contribution in [0.1, 0.15) is 48.7 Å². The molecule has 1 atom stereocenters. The topological polar surface area (TPSA) is 37.8 Å². The van der Waals surface area contributed by atoms with Crippen molar-refractivity contribution >= 4 is 11.3 Å². The molecule has 3 nitrogen and oxygen atoms in total. The minimum absolute atomic E-state index is 0.538. The largest absolute Gasteiger partial charge is 0.314 e. The van der Waals surface area contributed by atoms with Crippen molar-refractivity contribution < 1.29 is 0 Å². The molecular weight excluding hydrogens is 278 g/mol. The summed E-state index contributed by atoms with van der Waals surface area (Å²) in [6, 6.07) is 2.62. The maximum absolute atomic E-state index is 4.99. The van der Waals surface area contributed by atoms with Crippen molar-refractivity contribution in [3.8, 4) is 10.6 Å². The number of hydrogen-bond acceptors (Lipinski definition) is 4. The molecule has 0 amide bonds. The molecule has 0 bridgehead atoms. The highest BCUT2D eigenvalue weighted by Crippen LogP contribution is 2.38. The van der Waals surface area contributed by atoms with Crippen LogP contribution in [0.15, 0.2) is 18.5 Å². The fraction of sp³-hybridized carbons (Fsp3) is 0.529. The van der Waals surface area contributed by atoms with Gasteiger partial charge >= 0.3 is 0 Å². The van der Waals surface area contributed by atoms with Crippen molar-refractivity contribution in [2.45, 2.75) is 52.0 Å². The molecular formula is C17H23N3S. The summed E-state index contributed by atoms with van der Waals surface area (Å²) < 4.78 is 0. The van der Waals surface area contributed by atoms with Gasteiger partial charge in [-0.25, -0.2) is 4.98 Å². The predicted octanol–water partition coefficient (Wildman–Crippen LogP) is 3.93. The van der Waals surface area contributed by atoms with Crippen LogP contribution < -0.4 is 5.32 Å². The van der Waals surface area contributed by atoms with E-state index < -0.39 is 0 Å². The van der Waals surface area contributed by atoms with E-state index in [0.29, 0.717) is 12.0 Å². The highest BCUT2D eigenvalue weighted by Gasteiger charge is 2.25. The molecule has 4 heteroatoms. The van der Waals surface area contributed by atoms with E-state index in [-0.39, 0.29) is 0 Å². The Hall–Kier alpha value is -1.26. The van der Waals surface area contributed by atoms with Gasteiger partial charge < -0.3 is 5.32 Å². The first-order valence-electron chi connectivity index (χ1n) is 7.79. The summed E-state index contributed by atoms with van der Waals surface area (Å²) in [4.78, 5) is 10.7. The number of nitrogens with one attached hydrogen (secondary N) is 1. The lowest BCUT2D eigenvalue weighted by Gasteiger charge is -2.22. The summed E-state index contributed by atoms with van der Waals surface area (Å²) in [5, 5.41) is 4.73. The molecule has 2 heterocycles. The van der Waals surface area contributed by atoms with E-state index >= 15 is 0 Å². The van der Waals surface area contributed by atoms with Gasteiger partial charge in [0, 0.05) is 41.3 Å². The number of rotatable bonds is 4. The van der Waals surface area contributed by atoms with Crippen molar-refractivity contribution in [3.63, 3.8) is 0 Å². The smallest absolute Gasteiger partial charge is 0.124 e. The number of hydrogen-bond donors (Lipinski definition) is 1. The molecule has 0 spiro atoms. The van der Waals surface area contributed by atoms with Gasteiger partial charge in [-0.15, -0.1) is 11.3 Å². The Kier molecular flexibility index (Phi) is 4.36. The van der Waals surface area contributed by atoms with Gasteiger partial charge in [-0.05, 0) is 37.8 Å². The Morgan fingerprint density at radius 2 is 2.29 bits per heavy atom. The molecule has 3 rings (SSSR count). The van der Waals surface area contributed by atoms with Crippen LogP contribution in [0.2, 0.25) is 0 Å². The minimum Gasteiger partial charge on any atom is -0.314 e. The Labute approximate surface area is 130 Å². The van der Waals surface area contributed by atoms with E-state index in [4.69, 9.17) is 4.98 Å². The van der Waals surface area contributed by atoms with E-state index in [9.17, 15) is 0 Å². The predicted molar refractivity (Wildman–Crippen MR) is 88.9 cm³/mol. The molecule has 112 valence electrons. The van der Waals surface area contributed by atoms with Crippen LogP contribution >= 0.6 is 11.3 Å². The molecule has 0 aromatic carbocycles. The molecule has 1 aliphatic carbocycles. The first-order chi connectivity index (χ1) is 10.1. The van der Waals surface area contributed by atoms with E-state index in [1.807, 2.05) is 23.7 Å². The zero-order chi connectivity index (χ0) is 14.8. The van der Waals surface area contributed by atoms with Crippen molar-refractivity contribution in [1.29, 1.82) is 0 Å². The molecule has 0 aliphatic heterocycles. The van der Waals surface area contributed by atoms with Crippen molar-refractivity contribution in [2.75, 3.05) is 6.54 Å². The normalized spacial score (nSPS) is 18.0. The van der Waals surface area contributed by atoms with E-state index in [1.165, 1.54) is 41.0 Å². The van der Waals surface area contributed by atoms with E-state index in [0.717, 1.165) is 11.6 Å². The Balaban J connectivity index is 1.89. The Bertz CT molecular complexity index is 618. The number of nitrogens with zero attached hydrogens (tertiary/aromatic N) is 2. The third kappa shape index (κ3) is 3.16. The summed E-state index contributed by atoms with van der Waals surface area (Å²) in [6.45, 7) is 7.57. The molecule has 2 aromatic rings. The summed E-state index contributed by atoms with van der Waals surface area (Å²) in [7, 11) is 0. The molecule has 1 unspecified atom stereocenters. The Morgan fingerprint density at radius 1 is 1.43 bits per heavy atom. The molecule has 0 fully saturated rings. The number of thiazole rings is 1. The molecule has 0 saturated heterocycles. The second-order valence-corrected chi connectivity index (χ2v) is 7.25. The first kappa shape index (κ1) is 14.7. The molecule has 0 saturated carbocycles. The van der Waals surface area contributed by atoms with Crippen molar-refractivity contribution in [1.82, 2.24) is 15.3 Å². The van der Waals surface area contributed by atoms with Gasteiger partial charge in [0.1, 0.15) is 5.01 Å². The van der Waals surface area contributed by atoms with Crippen LogP contribution in [0, 0.1) is 6.92 Å². The van der Waals surface area contributed by atoms with Crippen LogP contribution in [-0.2, 0) is 6.42 Å². The summed E-state index contributed by atoms with van der Waals surface area (Å²) in [6.07, 6.45) is 7.52. The van der Waals surface area contributed by atoms with Crippen LogP contribution in [-0.4, -0.2) is 22.6 Å². The second kappa shape index (κ2) is 6.24. The average Bonchev–Trinajstić information content (AvgIpc) is 2.89. The zero-order valence-corrected chi connectivity index (χ0v) is 13.8. The molecule has 2 aromatic heterocycles. The zero-order valence-electron chi connectivity index (χ0n) is 13.0. The lowest BCUT2D eigenvalue weighted by atomic mass is 9.91. The molecule has 21 heavy (non-hydrogen) atoms. The highest BCUT2D eigenvalue weighted by molar-refractivity contribution is 7.15. The fourth-order valence-electron chi connectivity index (χ4n) is 2.91. The maximum Gasteiger partial charge on any atom is 0.124 e. The minimum atomic E-state index is 0.538. The van der Waals surface area contributed by atoms with Gasteiger partial charge in [-0.1, -0.05) is 13.8 Å². The van der Waals surface area contributed by atoms with Gasteiger partial charge in [0.15, 0.2) is 0 Å². The third-order valence-corrected chi connectivity index (χ3v) is 5.26. The standard InChI is InChI=1S/C17H23N3S/c1-11(2)19-10-13-5-4-6-15-16(13)20-17(21-15)14-7-8-18-9-12(14)3/h7-9,11,13,19H,4-6,10H2,1-3H3. The van der Waals surface area contributed by atoms with Gasteiger partial charge in [0.05, 0.1) is 5.69 Å². The third-order valence-electron chi connectivity index (χ3n) is 4.09. The van der Waals surface area contributed by atoms with Gasteiger partial charge in [0.2, 0.25) is 0 Å².